The first kappa shape index (κ1) is 15.2. The molecule has 1 rings (SSSR count). The number of hydrogen-bond acceptors (Lipinski definition) is 3. The molecule has 0 aliphatic rings. The number of ether oxygens (including phenoxy) is 1. The van der Waals surface area contributed by atoms with Gasteiger partial charge in [0.05, 0.1) is 12.7 Å². The fourth-order valence-electron chi connectivity index (χ4n) is 1.89. The molecule has 1 aromatic carbocycles. The Labute approximate surface area is 109 Å². The maximum absolute atomic E-state index is 10.1. The van der Waals surface area contributed by atoms with Crippen LogP contribution in [0.3, 0.4) is 0 Å². The maximum atomic E-state index is 10.1. The molecule has 102 valence electrons. The summed E-state index contributed by atoms with van der Waals surface area (Å²) in [5.74, 6) is -1.11. The van der Waals surface area contributed by atoms with Crippen molar-refractivity contribution in [3.05, 3.63) is 35.9 Å². The molecule has 0 aliphatic carbocycles. The predicted molar refractivity (Wildman–Crippen MR) is 72.3 cm³/mol. The van der Waals surface area contributed by atoms with Crippen LogP contribution in [0.1, 0.15) is 38.7 Å². The summed E-state index contributed by atoms with van der Waals surface area (Å²) in [6, 6.07) is 10.1. The van der Waals surface area contributed by atoms with Gasteiger partial charge in [-0.05, 0) is 31.2 Å². The lowest BCUT2D eigenvalue weighted by Crippen LogP contribution is -2.37. The minimum Gasteiger partial charge on any atom is -0.394 e. The SMILES string of the molecule is CCC(O)(CC)O[C@H](CO)CCc1ccccc1. The minimum absolute atomic E-state index is 0.0604. The fraction of sp³-hybridized carbons (Fsp3) is 0.600. The van der Waals surface area contributed by atoms with Crippen molar-refractivity contribution in [2.24, 2.45) is 0 Å². The van der Waals surface area contributed by atoms with Crippen LogP contribution in [0, 0.1) is 0 Å². The van der Waals surface area contributed by atoms with E-state index in [1.807, 2.05) is 32.0 Å². The third-order valence-corrected chi connectivity index (χ3v) is 3.29. The van der Waals surface area contributed by atoms with Crippen LogP contribution in [0.2, 0.25) is 0 Å². The first-order chi connectivity index (χ1) is 8.63. The largest absolute Gasteiger partial charge is 0.394 e. The Balaban J connectivity index is 2.47. The molecule has 0 amide bonds. The molecule has 0 aliphatic heterocycles. The second-order valence-electron chi connectivity index (χ2n) is 4.60. The highest BCUT2D eigenvalue weighted by molar-refractivity contribution is 5.14. The van der Waals surface area contributed by atoms with Crippen LogP contribution < -0.4 is 0 Å². The highest BCUT2D eigenvalue weighted by atomic mass is 16.6. The minimum atomic E-state index is -1.11. The van der Waals surface area contributed by atoms with Crippen molar-refractivity contribution >= 4 is 0 Å². The molecular formula is C15H24O3. The van der Waals surface area contributed by atoms with Gasteiger partial charge >= 0.3 is 0 Å². The van der Waals surface area contributed by atoms with Crippen molar-refractivity contribution in [3.63, 3.8) is 0 Å². The van der Waals surface area contributed by atoms with Gasteiger partial charge in [-0.15, -0.1) is 0 Å². The first-order valence-corrected chi connectivity index (χ1v) is 6.68. The Hall–Kier alpha value is -0.900. The predicted octanol–water partition coefficient (Wildman–Crippen LogP) is 2.51. The van der Waals surface area contributed by atoms with E-state index in [4.69, 9.17) is 4.74 Å². The van der Waals surface area contributed by atoms with Gasteiger partial charge in [-0.25, -0.2) is 0 Å². The Kier molecular flexibility index (Phi) is 6.33. The molecule has 0 bridgehead atoms. The van der Waals surface area contributed by atoms with Gasteiger partial charge in [0, 0.05) is 0 Å². The van der Waals surface area contributed by atoms with Gasteiger partial charge in [0.25, 0.3) is 0 Å². The molecule has 3 nitrogen and oxygen atoms in total. The number of aliphatic hydroxyl groups excluding tert-OH is 1. The summed E-state index contributed by atoms with van der Waals surface area (Å²) in [6.45, 7) is 3.71. The van der Waals surface area contributed by atoms with E-state index in [1.165, 1.54) is 5.56 Å². The lowest BCUT2D eigenvalue weighted by molar-refractivity contribution is -0.239. The lowest BCUT2D eigenvalue weighted by Gasteiger charge is -2.30. The summed E-state index contributed by atoms with van der Waals surface area (Å²) in [5, 5.41) is 19.4. The molecule has 18 heavy (non-hydrogen) atoms. The monoisotopic (exact) mass is 252 g/mol. The summed E-state index contributed by atoms with van der Waals surface area (Å²) in [7, 11) is 0. The van der Waals surface area contributed by atoms with E-state index in [9.17, 15) is 10.2 Å². The van der Waals surface area contributed by atoms with Crippen molar-refractivity contribution in [1.82, 2.24) is 0 Å². The molecule has 0 radical (unpaired) electrons. The zero-order valence-corrected chi connectivity index (χ0v) is 11.3. The van der Waals surface area contributed by atoms with E-state index in [-0.39, 0.29) is 12.7 Å². The van der Waals surface area contributed by atoms with Crippen LogP contribution in [0.5, 0.6) is 0 Å². The average Bonchev–Trinajstić information content (AvgIpc) is 2.44. The number of aryl methyl sites for hydroxylation is 1. The van der Waals surface area contributed by atoms with Gasteiger partial charge in [-0.3, -0.25) is 0 Å². The van der Waals surface area contributed by atoms with Gasteiger partial charge in [-0.2, -0.15) is 0 Å². The topological polar surface area (TPSA) is 49.7 Å². The van der Waals surface area contributed by atoms with Crippen LogP contribution in [0.4, 0.5) is 0 Å². The van der Waals surface area contributed by atoms with Crippen molar-refractivity contribution in [2.75, 3.05) is 6.61 Å². The maximum Gasteiger partial charge on any atom is 0.165 e. The summed E-state index contributed by atoms with van der Waals surface area (Å²) in [4.78, 5) is 0. The molecule has 1 atom stereocenters. The van der Waals surface area contributed by atoms with E-state index in [2.05, 4.69) is 12.1 Å². The summed E-state index contributed by atoms with van der Waals surface area (Å²) < 4.78 is 5.61. The molecule has 0 heterocycles. The van der Waals surface area contributed by atoms with Crippen LogP contribution in [-0.4, -0.2) is 28.7 Å². The highest BCUT2D eigenvalue weighted by Gasteiger charge is 2.26. The van der Waals surface area contributed by atoms with E-state index < -0.39 is 5.79 Å². The van der Waals surface area contributed by atoms with Crippen LogP contribution in [0.15, 0.2) is 30.3 Å². The summed E-state index contributed by atoms with van der Waals surface area (Å²) >= 11 is 0. The third-order valence-electron chi connectivity index (χ3n) is 3.29. The Morgan fingerprint density at radius 3 is 2.28 bits per heavy atom. The molecule has 2 N–H and O–H groups in total. The van der Waals surface area contributed by atoms with Crippen LogP contribution in [0.25, 0.3) is 0 Å². The standard InChI is InChI=1S/C15H24O3/c1-3-15(17,4-2)18-14(12-16)11-10-13-8-6-5-7-9-13/h5-9,14,16-17H,3-4,10-12H2,1-2H3/t14-/m0/s1. The van der Waals surface area contributed by atoms with E-state index in [0.29, 0.717) is 19.3 Å². The molecule has 0 unspecified atom stereocenters. The fourth-order valence-corrected chi connectivity index (χ4v) is 1.89. The zero-order chi connectivity index (χ0) is 13.4. The number of aliphatic hydroxyl groups is 2. The second kappa shape index (κ2) is 7.52. The van der Waals surface area contributed by atoms with Gasteiger partial charge in [0.2, 0.25) is 0 Å². The number of hydrogen-bond donors (Lipinski definition) is 2. The Bertz CT molecular complexity index is 320. The van der Waals surface area contributed by atoms with Gasteiger partial charge in [0.15, 0.2) is 5.79 Å². The average molecular weight is 252 g/mol. The van der Waals surface area contributed by atoms with Crippen molar-refractivity contribution in [1.29, 1.82) is 0 Å². The Morgan fingerprint density at radius 1 is 1.17 bits per heavy atom. The van der Waals surface area contributed by atoms with Crippen molar-refractivity contribution in [3.8, 4) is 0 Å². The normalized spacial score (nSPS) is 13.6. The second-order valence-corrected chi connectivity index (χ2v) is 4.60. The smallest absolute Gasteiger partial charge is 0.165 e. The molecule has 0 fully saturated rings. The molecule has 0 saturated carbocycles. The molecule has 3 heteroatoms. The van der Waals surface area contributed by atoms with Crippen molar-refractivity contribution in [2.45, 2.75) is 51.4 Å². The van der Waals surface area contributed by atoms with E-state index in [0.717, 1.165) is 6.42 Å². The summed E-state index contributed by atoms with van der Waals surface area (Å²) in [5.41, 5.74) is 1.22. The highest BCUT2D eigenvalue weighted by Crippen LogP contribution is 2.20. The van der Waals surface area contributed by atoms with E-state index >= 15 is 0 Å². The van der Waals surface area contributed by atoms with Crippen molar-refractivity contribution < 1.29 is 14.9 Å². The molecule has 0 saturated heterocycles. The van der Waals surface area contributed by atoms with Gasteiger partial charge in [-0.1, -0.05) is 44.2 Å². The molecule has 0 aromatic heterocycles. The molecular weight excluding hydrogens is 228 g/mol. The van der Waals surface area contributed by atoms with Gasteiger partial charge < -0.3 is 14.9 Å². The van der Waals surface area contributed by atoms with Gasteiger partial charge in [0.1, 0.15) is 0 Å². The summed E-state index contributed by atoms with van der Waals surface area (Å²) in [6.07, 6.45) is 2.31. The lowest BCUT2D eigenvalue weighted by atomic mass is 10.1. The third kappa shape index (κ3) is 4.77. The van der Waals surface area contributed by atoms with Crippen LogP contribution in [-0.2, 0) is 11.2 Å². The van der Waals surface area contributed by atoms with E-state index in [1.54, 1.807) is 0 Å². The molecule has 0 spiro atoms. The number of rotatable bonds is 8. The quantitative estimate of drug-likeness (QED) is 0.699. The number of benzene rings is 1. The Morgan fingerprint density at radius 2 is 1.78 bits per heavy atom. The zero-order valence-electron chi connectivity index (χ0n) is 11.3. The van der Waals surface area contributed by atoms with Crippen LogP contribution >= 0.6 is 0 Å². The first-order valence-electron chi connectivity index (χ1n) is 6.68. The molecule has 1 aromatic rings.